The lowest BCUT2D eigenvalue weighted by Gasteiger charge is -2.29. The molecule has 0 atom stereocenters. The highest BCUT2D eigenvalue weighted by atomic mass is 15.1. The summed E-state index contributed by atoms with van der Waals surface area (Å²) in [4.78, 5) is 2.41. The van der Waals surface area contributed by atoms with E-state index < -0.39 is 0 Å². The van der Waals surface area contributed by atoms with Crippen molar-refractivity contribution in [2.45, 2.75) is 32.1 Å². The third-order valence-corrected chi connectivity index (χ3v) is 12.2. The van der Waals surface area contributed by atoms with Crippen LogP contribution in [0, 0.1) is 0 Å². The largest absolute Gasteiger partial charge is 0.310 e. The van der Waals surface area contributed by atoms with Crippen LogP contribution in [0.1, 0.15) is 37.8 Å². The quantitative estimate of drug-likeness (QED) is 0.173. The van der Waals surface area contributed by atoms with Gasteiger partial charge in [-0.05, 0) is 112 Å². The summed E-state index contributed by atoms with van der Waals surface area (Å²) >= 11 is 0. The first-order valence-electron chi connectivity index (χ1n) is 19.5. The van der Waals surface area contributed by atoms with Gasteiger partial charge in [0.2, 0.25) is 0 Å². The van der Waals surface area contributed by atoms with E-state index in [2.05, 4.69) is 205 Å². The van der Waals surface area contributed by atoms with E-state index in [1.165, 1.54) is 88.1 Å². The molecule has 2 nitrogen and oxygen atoms in total. The molecule has 55 heavy (non-hydrogen) atoms. The molecule has 8 aromatic carbocycles. The third-order valence-electron chi connectivity index (χ3n) is 12.2. The Morgan fingerprint density at radius 3 is 1.95 bits per heavy atom. The number of allylic oxidation sites excluding steroid dienone is 4. The Morgan fingerprint density at radius 1 is 0.509 bits per heavy atom. The minimum atomic E-state index is -0.0283. The molecule has 262 valence electrons. The molecule has 0 fully saturated rings. The third kappa shape index (κ3) is 4.81. The van der Waals surface area contributed by atoms with Gasteiger partial charge in [0.25, 0.3) is 0 Å². The van der Waals surface area contributed by atoms with Crippen LogP contribution in [0.15, 0.2) is 188 Å². The highest BCUT2D eigenvalue weighted by molar-refractivity contribution is 6.26. The van der Waals surface area contributed by atoms with Gasteiger partial charge in [-0.3, -0.25) is 0 Å². The molecule has 0 unspecified atom stereocenters. The molecule has 9 aromatic rings. The van der Waals surface area contributed by atoms with Crippen LogP contribution in [0.4, 0.5) is 17.1 Å². The first-order chi connectivity index (χ1) is 27.1. The fourth-order valence-corrected chi connectivity index (χ4v) is 9.65. The van der Waals surface area contributed by atoms with Crippen molar-refractivity contribution in [3.63, 3.8) is 0 Å². The van der Waals surface area contributed by atoms with Crippen LogP contribution in [0.25, 0.3) is 65.7 Å². The first-order valence-corrected chi connectivity index (χ1v) is 19.5. The molecular weight excluding hydrogens is 665 g/mol. The van der Waals surface area contributed by atoms with Crippen LogP contribution in [0.5, 0.6) is 0 Å². The van der Waals surface area contributed by atoms with E-state index in [1.807, 2.05) is 0 Å². The number of nitrogens with zero attached hydrogens (tertiary/aromatic N) is 2. The molecule has 2 heteroatoms. The Balaban J connectivity index is 1.09. The summed E-state index contributed by atoms with van der Waals surface area (Å²) in [7, 11) is 0. The summed E-state index contributed by atoms with van der Waals surface area (Å²) in [5, 5.41) is 7.54. The predicted molar refractivity (Wildman–Crippen MR) is 234 cm³/mol. The van der Waals surface area contributed by atoms with Crippen LogP contribution in [-0.4, -0.2) is 4.57 Å². The van der Waals surface area contributed by atoms with Crippen molar-refractivity contribution in [2.75, 3.05) is 4.90 Å². The topological polar surface area (TPSA) is 8.17 Å². The zero-order valence-electron chi connectivity index (χ0n) is 31.1. The summed E-state index contributed by atoms with van der Waals surface area (Å²) in [5.74, 6) is 0. The van der Waals surface area contributed by atoms with Crippen molar-refractivity contribution in [2.24, 2.45) is 0 Å². The van der Waals surface area contributed by atoms with E-state index in [0.717, 1.165) is 24.2 Å². The summed E-state index contributed by atoms with van der Waals surface area (Å²) in [6, 6.07) is 62.7. The van der Waals surface area contributed by atoms with E-state index in [0.29, 0.717) is 0 Å². The minimum absolute atomic E-state index is 0.0283. The fourth-order valence-electron chi connectivity index (χ4n) is 9.65. The van der Waals surface area contributed by atoms with Crippen LogP contribution in [0.3, 0.4) is 0 Å². The van der Waals surface area contributed by atoms with Gasteiger partial charge >= 0.3 is 0 Å². The Hall–Kier alpha value is -6.64. The number of anilines is 3. The second-order valence-corrected chi connectivity index (χ2v) is 15.6. The molecule has 0 amide bonds. The highest BCUT2D eigenvalue weighted by Gasteiger charge is 2.37. The van der Waals surface area contributed by atoms with E-state index in [9.17, 15) is 0 Å². The maximum atomic E-state index is 2.49. The van der Waals surface area contributed by atoms with E-state index in [-0.39, 0.29) is 5.41 Å². The van der Waals surface area contributed by atoms with Gasteiger partial charge in [0.05, 0.1) is 11.0 Å². The number of para-hydroxylation sites is 2. The summed E-state index contributed by atoms with van der Waals surface area (Å²) in [6.45, 7) is 4.77. The minimum Gasteiger partial charge on any atom is -0.310 e. The van der Waals surface area contributed by atoms with Gasteiger partial charge in [0, 0.05) is 49.7 Å². The molecule has 2 aliphatic rings. The fraction of sp³-hybridized carbons (Fsp3) is 0.0943. The second-order valence-electron chi connectivity index (χ2n) is 15.6. The monoisotopic (exact) mass is 704 g/mol. The maximum Gasteiger partial charge on any atom is 0.0620 e. The lowest BCUT2D eigenvalue weighted by molar-refractivity contribution is 0.651. The van der Waals surface area contributed by atoms with Crippen molar-refractivity contribution in [3.8, 4) is 16.8 Å². The Bertz CT molecular complexity index is 3030. The molecule has 0 bridgehead atoms. The SMILES string of the molecule is CC1(C)C2=C(CCC=C2)c2ccc(N(c3ccccc3)c3ccc(-c4cc5c6ccc7ccccc7c6n(-c6ccccc6)c5c5ccccc45)cc3)cc21. The standard InChI is InChI=1S/C53H40N2/c1-53(2)49-24-14-13-22-43(49)44-32-30-40(33-50(44)53)54(37-16-5-3-6-17-37)39-28-25-36(26-29-39)47-34-48-46-31-27-35-15-9-10-20-41(35)51(46)55(38-18-7-4-8-19-38)52(48)45-23-12-11-21-42(45)47/h3-12,14-21,23-34H,13,22H2,1-2H3. The van der Waals surface area contributed by atoms with Crippen molar-refractivity contribution >= 4 is 66.0 Å². The van der Waals surface area contributed by atoms with Gasteiger partial charge in [-0.15, -0.1) is 0 Å². The molecule has 2 aliphatic carbocycles. The van der Waals surface area contributed by atoms with Gasteiger partial charge in [-0.2, -0.15) is 0 Å². The summed E-state index contributed by atoms with van der Waals surface area (Å²) in [6.07, 6.45) is 6.95. The molecule has 0 saturated heterocycles. The van der Waals surface area contributed by atoms with Gasteiger partial charge < -0.3 is 9.47 Å². The van der Waals surface area contributed by atoms with Gasteiger partial charge in [0.1, 0.15) is 0 Å². The molecule has 0 saturated carbocycles. The van der Waals surface area contributed by atoms with Gasteiger partial charge in [0.15, 0.2) is 0 Å². The average Bonchev–Trinajstić information content (AvgIpc) is 3.70. The van der Waals surface area contributed by atoms with Crippen molar-refractivity contribution in [3.05, 3.63) is 199 Å². The molecule has 0 spiro atoms. The van der Waals surface area contributed by atoms with Crippen molar-refractivity contribution < 1.29 is 0 Å². The molecule has 11 rings (SSSR count). The molecule has 0 aliphatic heterocycles. The normalized spacial score (nSPS) is 14.6. The van der Waals surface area contributed by atoms with E-state index in [1.54, 1.807) is 0 Å². The van der Waals surface area contributed by atoms with E-state index >= 15 is 0 Å². The Kier molecular flexibility index (Phi) is 7.06. The predicted octanol–water partition coefficient (Wildman–Crippen LogP) is 14.6. The lowest BCUT2D eigenvalue weighted by Crippen LogP contribution is -2.18. The van der Waals surface area contributed by atoms with Crippen LogP contribution in [0.2, 0.25) is 0 Å². The van der Waals surface area contributed by atoms with E-state index in [4.69, 9.17) is 0 Å². The number of benzene rings is 8. The number of fused-ring (bicyclic) bond motifs is 9. The van der Waals surface area contributed by atoms with Crippen molar-refractivity contribution in [1.82, 2.24) is 4.57 Å². The number of hydrogen-bond acceptors (Lipinski definition) is 1. The second kappa shape index (κ2) is 12.2. The molecule has 0 N–H and O–H groups in total. The Labute approximate surface area is 321 Å². The molecule has 1 heterocycles. The van der Waals surface area contributed by atoms with Crippen LogP contribution in [-0.2, 0) is 5.41 Å². The summed E-state index contributed by atoms with van der Waals surface area (Å²) in [5.41, 5.74) is 15.4. The highest BCUT2D eigenvalue weighted by Crippen LogP contribution is 2.52. The number of aromatic nitrogens is 1. The van der Waals surface area contributed by atoms with Gasteiger partial charge in [-0.25, -0.2) is 0 Å². The maximum absolute atomic E-state index is 2.49. The molecule has 0 radical (unpaired) electrons. The molecular formula is C53H40N2. The first kappa shape index (κ1) is 31.8. The summed E-state index contributed by atoms with van der Waals surface area (Å²) < 4.78 is 2.49. The average molecular weight is 705 g/mol. The smallest absolute Gasteiger partial charge is 0.0620 e. The zero-order valence-corrected chi connectivity index (χ0v) is 31.1. The zero-order chi connectivity index (χ0) is 36.7. The van der Waals surface area contributed by atoms with Crippen LogP contribution < -0.4 is 4.90 Å². The van der Waals surface area contributed by atoms with Crippen molar-refractivity contribution in [1.29, 1.82) is 0 Å². The van der Waals surface area contributed by atoms with Gasteiger partial charge in [-0.1, -0.05) is 141 Å². The molecule has 1 aromatic heterocycles. The number of hydrogen-bond donors (Lipinski definition) is 0. The number of rotatable bonds is 5. The van der Waals surface area contributed by atoms with Crippen LogP contribution >= 0.6 is 0 Å². The lowest BCUT2D eigenvalue weighted by atomic mass is 9.80. The Morgan fingerprint density at radius 2 is 1.15 bits per heavy atom.